The topological polar surface area (TPSA) is 46.2 Å². The number of nitrogens with two attached hydrogens (primary N) is 1. The van der Waals surface area contributed by atoms with Gasteiger partial charge in [0, 0.05) is 23.2 Å². The summed E-state index contributed by atoms with van der Waals surface area (Å²) in [6.07, 6.45) is 2.72. The van der Waals surface area contributed by atoms with Gasteiger partial charge in [-0.3, -0.25) is 0 Å². The summed E-state index contributed by atoms with van der Waals surface area (Å²) in [4.78, 5) is 0. The zero-order valence-electron chi connectivity index (χ0n) is 8.26. The van der Waals surface area contributed by atoms with Gasteiger partial charge in [0.1, 0.15) is 17.4 Å². The van der Waals surface area contributed by atoms with Crippen molar-refractivity contribution in [3.05, 3.63) is 29.3 Å². The van der Waals surface area contributed by atoms with E-state index in [0.717, 1.165) is 25.0 Å². The van der Waals surface area contributed by atoms with Crippen molar-refractivity contribution < 1.29 is 13.9 Å². The highest BCUT2D eigenvalue weighted by Crippen LogP contribution is 2.37. The summed E-state index contributed by atoms with van der Waals surface area (Å²) in [5.74, 6) is -1.78. The molecule has 1 aliphatic rings. The highest BCUT2D eigenvalue weighted by molar-refractivity contribution is 5.29. The third-order valence-electron chi connectivity index (χ3n) is 2.89. The average molecular weight is 213 g/mol. The Labute approximate surface area is 86.7 Å². The number of halogens is 2. The second-order valence-corrected chi connectivity index (χ2v) is 4.25. The van der Waals surface area contributed by atoms with Crippen molar-refractivity contribution in [3.8, 4) is 5.75 Å². The monoisotopic (exact) mass is 213 g/mol. The summed E-state index contributed by atoms with van der Waals surface area (Å²) in [6.45, 7) is 0. The van der Waals surface area contributed by atoms with Crippen molar-refractivity contribution in [2.75, 3.05) is 0 Å². The van der Waals surface area contributed by atoms with Gasteiger partial charge >= 0.3 is 0 Å². The molecule has 2 nitrogen and oxygen atoms in total. The molecular formula is C11H13F2NO. The minimum Gasteiger partial charge on any atom is -0.508 e. The summed E-state index contributed by atoms with van der Waals surface area (Å²) in [6, 6.07) is 1.85. The number of hydrogen-bond donors (Lipinski definition) is 2. The van der Waals surface area contributed by atoms with E-state index in [-0.39, 0.29) is 23.3 Å². The lowest BCUT2D eigenvalue weighted by Crippen LogP contribution is -2.22. The second kappa shape index (κ2) is 3.45. The smallest absolute Gasteiger partial charge is 0.132 e. The van der Waals surface area contributed by atoms with Crippen LogP contribution in [0.5, 0.6) is 5.75 Å². The molecule has 1 aromatic carbocycles. The third kappa shape index (κ3) is 2.26. The largest absolute Gasteiger partial charge is 0.508 e. The number of rotatable bonds is 3. The van der Waals surface area contributed by atoms with Gasteiger partial charge in [-0.2, -0.15) is 0 Å². The Hall–Kier alpha value is -1.16. The molecule has 0 unspecified atom stereocenters. The van der Waals surface area contributed by atoms with Crippen LogP contribution >= 0.6 is 0 Å². The first-order chi connectivity index (χ1) is 7.00. The zero-order chi connectivity index (χ0) is 11.1. The fourth-order valence-corrected chi connectivity index (χ4v) is 1.61. The van der Waals surface area contributed by atoms with Crippen LogP contribution in [0.15, 0.2) is 12.1 Å². The molecule has 1 fully saturated rings. The molecule has 3 N–H and O–H groups in total. The molecule has 1 aromatic rings. The van der Waals surface area contributed by atoms with Gasteiger partial charge in [-0.05, 0) is 25.7 Å². The molecule has 0 atom stereocenters. The van der Waals surface area contributed by atoms with Crippen molar-refractivity contribution in [2.45, 2.75) is 31.2 Å². The van der Waals surface area contributed by atoms with E-state index in [0.29, 0.717) is 6.42 Å². The molecule has 1 saturated carbocycles. The summed E-state index contributed by atoms with van der Waals surface area (Å²) in [5.41, 5.74) is 5.64. The van der Waals surface area contributed by atoms with Crippen LogP contribution in [0.1, 0.15) is 24.8 Å². The number of benzene rings is 1. The van der Waals surface area contributed by atoms with E-state index in [2.05, 4.69) is 0 Å². The Kier molecular flexibility index (Phi) is 2.38. The predicted octanol–water partition coefficient (Wildman–Crippen LogP) is 2.09. The molecule has 82 valence electrons. The number of phenols is 1. The second-order valence-electron chi connectivity index (χ2n) is 4.25. The predicted molar refractivity (Wildman–Crippen MR) is 52.5 cm³/mol. The van der Waals surface area contributed by atoms with E-state index in [4.69, 9.17) is 10.8 Å². The highest BCUT2D eigenvalue weighted by atomic mass is 19.1. The summed E-state index contributed by atoms with van der Waals surface area (Å²) < 4.78 is 26.5. The van der Waals surface area contributed by atoms with Crippen LogP contribution < -0.4 is 5.73 Å². The van der Waals surface area contributed by atoms with Crippen LogP contribution in [-0.4, -0.2) is 10.6 Å². The lowest BCUT2D eigenvalue weighted by molar-refractivity contribution is 0.454. The molecule has 15 heavy (non-hydrogen) atoms. The summed E-state index contributed by atoms with van der Waals surface area (Å²) >= 11 is 0. The van der Waals surface area contributed by atoms with Crippen LogP contribution in [0, 0.1) is 11.6 Å². The molecule has 0 heterocycles. The Morgan fingerprint density at radius 1 is 1.27 bits per heavy atom. The summed E-state index contributed by atoms with van der Waals surface area (Å²) in [5, 5.41) is 8.95. The molecule has 0 aromatic heterocycles. The first-order valence-corrected chi connectivity index (χ1v) is 4.96. The minimum absolute atomic E-state index is 0.0181. The van der Waals surface area contributed by atoms with E-state index in [1.54, 1.807) is 0 Å². The molecule has 0 amide bonds. The summed E-state index contributed by atoms with van der Waals surface area (Å²) in [7, 11) is 0. The van der Waals surface area contributed by atoms with Crippen molar-refractivity contribution in [1.29, 1.82) is 0 Å². The maximum atomic E-state index is 13.3. The molecule has 0 saturated heterocycles. The molecule has 1 aliphatic carbocycles. The highest BCUT2D eigenvalue weighted by Gasteiger charge is 2.37. The minimum atomic E-state index is -0.697. The number of phenolic OH excluding ortho intramolecular Hbond substituents is 1. The van der Waals surface area contributed by atoms with Gasteiger partial charge in [0.25, 0.3) is 0 Å². The molecule has 2 rings (SSSR count). The van der Waals surface area contributed by atoms with Crippen molar-refractivity contribution in [1.82, 2.24) is 0 Å². The fraction of sp³-hybridized carbons (Fsp3) is 0.455. The maximum absolute atomic E-state index is 13.3. The first-order valence-electron chi connectivity index (χ1n) is 4.96. The Morgan fingerprint density at radius 3 is 2.27 bits per heavy atom. The average Bonchev–Trinajstić information content (AvgIpc) is 2.82. The van der Waals surface area contributed by atoms with E-state index in [9.17, 15) is 8.78 Å². The van der Waals surface area contributed by atoms with Crippen molar-refractivity contribution in [3.63, 3.8) is 0 Å². The van der Waals surface area contributed by atoms with Gasteiger partial charge in [-0.25, -0.2) is 8.78 Å². The van der Waals surface area contributed by atoms with Crippen molar-refractivity contribution >= 4 is 0 Å². The van der Waals surface area contributed by atoms with E-state index in [1.165, 1.54) is 0 Å². The SMILES string of the molecule is NC1(CCc2c(F)cc(O)cc2F)CC1. The standard InChI is InChI=1S/C11H13F2NO/c12-9-5-7(15)6-10(13)8(9)1-2-11(14)3-4-11/h5-6,15H,1-4,14H2. The van der Waals surface area contributed by atoms with Crippen LogP contribution in [0.25, 0.3) is 0 Å². The molecule has 0 radical (unpaired) electrons. The maximum Gasteiger partial charge on any atom is 0.132 e. The van der Waals surface area contributed by atoms with E-state index < -0.39 is 11.6 Å². The quantitative estimate of drug-likeness (QED) is 0.807. The van der Waals surface area contributed by atoms with Gasteiger partial charge < -0.3 is 10.8 Å². The Bertz CT molecular complexity index is 365. The first kappa shape index (κ1) is 10.4. The van der Waals surface area contributed by atoms with E-state index in [1.807, 2.05) is 0 Å². The van der Waals surface area contributed by atoms with Crippen LogP contribution in [-0.2, 0) is 6.42 Å². The molecule has 0 spiro atoms. The van der Waals surface area contributed by atoms with Gasteiger partial charge in [-0.1, -0.05) is 0 Å². The lowest BCUT2D eigenvalue weighted by Gasteiger charge is -2.09. The number of hydrogen-bond acceptors (Lipinski definition) is 2. The normalized spacial score (nSPS) is 17.8. The van der Waals surface area contributed by atoms with Crippen LogP contribution in [0.4, 0.5) is 8.78 Å². The lowest BCUT2D eigenvalue weighted by atomic mass is 10.0. The van der Waals surface area contributed by atoms with Crippen molar-refractivity contribution in [2.24, 2.45) is 5.73 Å². The van der Waals surface area contributed by atoms with Gasteiger partial charge in [-0.15, -0.1) is 0 Å². The molecule has 4 heteroatoms. The third-order valence-corrected chi connectivity index (χ3v) is 2.89. The van der Waals surface area contributed by atoms with Gasteiger partial charge in [0.05, 0.1) is 0 Å². The Balaban J connectivity index is 2.13. The Morgan fingerprint density at radius 2 is 1.80 bits per heavy atom. The molecular weight excluding hydrogens is 200 g/mol. The molecule has 0 bridgehead atoms. The van der Waals surface area contributed by atoms with Gasteiger partial charge in [0.2, 0.25) is 0 Å². The van der Waals surface area contributed by atoms with Crippen LogP contribution in [0.2, 0.25) is 0 Å². The van der Waals surface area contributed by atoms with Crippen LogP contribution in [0.3, 0.4) is 0 Å². The molecule has 0 aliphatic heterocycles. The fourth-order valence-electron chi connectivity index (χ4n) is 1.61. The zero-order valence-corrected chi connectivity index (χ0v) is 8.26. The number of aromatic hydroxyl groups is 1. The van der Waals surface area contributed by atoms with E-state index >= 15 is 0 Å². The van der Waals surface area contributed by atoms with Gasteiger partial charge in [0.15, 0.2) is 0 Å².